The second-order valence-electron chi connectivity index (χ2n) is 6.61. The highest BCUT2D eigenvalue weighted by Crippen LogP contribution is 2.30. The second kappa shape index (κ2) is 8.57. The molecule has 0 atom stereocenters. The number of rotatable bonds is 5. The minimum Gasteiger partial charge on any atom is -0.478 e. The Morgan fingerprint density at radius 1 is 0.933 bits per heavy atom. The van der Waals surface area contributed by atoms with Crippen molar-refractivity contribution < 1.29 is 9.90 Å². The molecule has 3 aromatic carbocycles. The first-order valence-electron chi connectivity index (χ1n) is 9.12. The van der Waals surface area contributed by atoms with Crippen LogP contribution in [-0.2, 0) is 0 Å². The molecule has 0 spiro atoms. The molecule has 0 fully saturated rings. The summed E-state index contributed by atoms with van der Waals surface area (Å²) in [6, 6.07) is 20.2. The van der Waals surface area contributed by atoms with Crippen LogP contribution in [0.1, 0.15) is 21.7 Å². The van der Waals surface area contributed by atoms with Gasteiger partial charge in [0.15, 0.2) is 0 Å². The molecule has 0 aliphatic carbocycles. The van der Waals surface area contributed by atoms with Gasteiger partial charge in [0.05, 0.1) is 22.5 Å². The lowest BCUT2D eigenvalue weighted by Crippen LogP contribution is -1.97. The third-order valence-electron chi connectivity index (χ3n) is 4.62. The minimum absolute atomic E-state index is 0.224. The van der Waals surface area contributed by atoms with E-state index in [2.05, 4.69) is 9.97 Å². The number of aromatic nitrogens is 2. The van der Waals surface area contributed by atoms with Crippen LogP contribution in [-0.4, -0.2) is 21.0 Å². The highest BCUT2D eigenvalue weighted by Gasteiger charge is 2.10. The molecule has 30 heavy (non-hydrogen) atoms. The van der Waals surface area contributed by atoms with Crippen LogP contribution in [0.3, 0.4) is 0 Å². The molecule has 0 bridgehead atoms. The van der Waals surface area contributed by atoms with Gasteiger partial charge in [-0.3, -0.25) is 0 Å². The van der Waals surface area contributed by atoms with E-state index in [4.69, 9.17) is 23.2 Å². The van der Waals surface area contributed by atoms with Gasteiger partial charge in [0.1, 0.15) is 5.82 Å². The molecule has 0 unspecified atom stereocenters. The molecule has 148 valence electrons. The van der Waals surface area contributed by atoms with Crippen LogP contribution in [0.15, 0.2) is 72.9 Å². The van der Waals surface area contributed by atoms with E-state index in [9.17, 15) is 9.90 Å². The number of halogens is 2. The SMILES string of the molecule is O=C(O)c1ccc(-c2ccccc2)c(/C=C/c2ncc(-c3ccc(Cl)cc3Cl)[nH]2)c1. The van der Waals surface area contributed by atoms with Crippen molar-refractivity contribution in [1.82, 2.24) is 9.97 Å². The number of aromatic amines is 1. The van der Waals surface area contributed by atoms with Gasteiger partial charge < -0.3 is 10.1 Å². The number of nitrogens with one attached hydrogen (secondary N) is 1. The molecule has 0 radical (unpaired) electrons. The zero-order valence-corrected chi connectivity index (χ0v) is 17.2. The Balaban J connectivity index is 1.69. The van der Waals surface area contributed by atoms with Gasteiger partial charge in [0.2, 0.25) is 0 Å². The van der Waals surface area contributed by atoms with Crippen molar-refractivity contribution in [1.29, 1.82) is 0 Å². The first-order valence-corrected chi connectivity index (χ1v) is 9.88. The Morgan fingerprint density at radius 2 is 1.70 bits per heavy atom. The van der Waals surface area contributed by atoms with Gasteiger partial charge in [-0.1, -0.05) is 65.7 Å². The third-order valence-corrected chi connectivity index (χ3v) is 5.17. The number of hydrogen-bond acceptors (Lipinski definition) is 2. The van der Waals surface area contributed by atoms with Crippen LogP contribution in [0.5, 0.6) is 0 Å². The molecule has 2 N–H and O–H groups in total. The van der Waals surface area contributed by atoms with Crippen molar-refractivity contribution in [3.63, 3.8) is 0 Å². The Hall–Kier alpha value is -3.34. The summed E-state index contributed by atoms with van der Waals surface area (Å²) in [5.41, 5.74) is 4.50. The topological polar surface area (TPSA) is 66.0 Å². The van der Waals surface area contributed by atoms with Crippen molar-refractivity contribution >= 4 is 41.3 Å². The molecule has 1 heterocycles. The van der Waals surface area contributed by atoms with Gasteiger partial charge >= 0.3 is 5.97 Å². The first-order chi connectivity index (χ1) is 14.5. The lowest BCUT2D eigenvalue weighted by molar-refractivity contribution is 0.0697. The Morgan fingerprint density at radius 3 is 2.43 bits per heavy atom. The Bertz CT molecular complexity index is 1250. The molecule has 4 rings (SSSR count). The molecule has 0 saturated heterocycles. The molecule has 0 amide bonds. The molecular weight excluding hydrogens is 419 g/mol. The van der Waals surface area contributed by atoms with Crippen LogP contribution in [0, 0.1) is 0 Å². The number of hydrogen-bond donors (Lipinski definition) is 2. The van der Waals surface area contributed by atoms with Crippen LogP contribution in [0.2, 0.25) is 10.0 Å². The summed E-state index contributed by atoms with van der Waals surface area (Å²) in [5.74, 6) is -0.349. The maximum Gasteiger partial charge on any atom is 0.335 e. The summed E-state index contributed by atoms with van der Waals surface area (Å²) >= 11 is 12.2. The van der Waals surface area contributed by atoms with Crippen molar-refractivity contribution in [2.24, 2.45) is 0 Å². The van der Waals surface area contributed by atoms with E-state index in [-0.39, 0.29) is 5.56 Å². The average molecular weight is 435 g/mol. The lowest BCUT2D eigenvalue weighted by Gasteiger charge is -2.08. The molecule has 0 saturated carbocycles. The predicted molar refractivity (Wildman–Crippen MR) is 122 cm³/mol. The molecule has 0 aliphatic rings. The number of H-pyrrole nitrogens is 1. The fraction of sp³-hybridized carbons (Fsp3) is 0. The number of carbonyl (C=O) groups is 1. The maximum atomic E-state index is 11.4. The summed E-state index contributed by atoms with van der Waals surface area (Å²) in [5, 5.41) is 10.5. The maximum absolute atomic E-state index is 11.4. The molecular formula is C24H16Cl2N2O2. The van der Waals surface area contributed by atoms with E-state index in [1.54, 1.807) is 36.5 Å². The zero-order valence-electron chi connectivity index (χ0n) is 15.6. The monoisotopic (exact) mass is 434 g/mol. The fourth-order valence-corrected chi connectivity index (χ4v) is 3.66. The van der Waals surface area contributed by atoms with Gasteiger partial charge in [0, 0.05) is 10.6 Å². The van der Waals surface area contributed by atoms with Crippen molar-refractivity contribution in [3.8, 4) is 22.4 Å². The number of benzene rings is 3. The summed E-state index contributed by atoms with van der Waals surface area (Å²) in [4.78, 5) is 19.0. The number of carboxylic acids is 1. The van der Waals surface area contributed by atoms with Gasteiger partial charge in [-0.25, -0.2) is 9.78 Å². The van der Waals surface area contributed by atoms with Gasteiger partial charge in [-0.15, -0.1) is 0 Å². The normalized spacial score (nSPS) is 11.1. The highest BCUT2D eigenvalue weighted by molar-refractivity contribution is 6.36. The first kappa shape index (κ1) is 20.0. The van der Waals surface area contributed by atoms with E-state index in [0.717, 1.165) is 27.9 Å². The van der Waals surface area contributed by atoms with E-state index in [1.807, 2.05) is 48.5 Å². The summed E-state index contributed by atoms with van der Waals surface area (Å²) < 4.78 is 0. The number of nitrogens with zero attached hydrogens (tertiary/aromatic N) is 1. The van der Waals surface area contributed by atoms with Gasteiger partial charge in [-0.2, -0.15) is 0 Å². The van der Waals surface area contributed by atoms with E-state index in [1.165, 1.54) is 0 Å². The minimum atomic E-state index is -0.970. The van der Waals surface area contributed by atoms with Gasteiger partial charge in [-0.05, 0) is 53.1 Å². The second-order valence-corrected chi connectivity index (χ2v) is 7.46. The standard InChI is InChI=1S/C24H16Cl2N2O2/c25-18-8-10-20(21(26)13-18)22-14-27-23(28-22)11-7-16-12-17(24(29)30)6-9-19(16)15-4-2-1-3-5-15/h1-14H,(H,27,28)(H,29,30)/b11-7+. The van der Waals surface area contributed by atoms with E-state index < -0.39 is 5.97 Å². The van der Waals surface area contributed by atoms with Crippen LogP contribution >= 0.6 is 23.2 Å². The smallest absolute Gasteiger partial charge is 0.335 e. The fourth-order valence-electron chi connectivity index (χ4n) is 3.15. The largest absolute Gasteiger partial charge is 0.478 e. The zero-order chi connectivity index (χ0) is 21.1. The third kappa shape index (κ3) is 4.30. The Kier molecular flexibility index (Phi) is 5.70. The highest BCUT2D eigenvalue weighted by atomic mass is 35.5. The number of imidazole rings is 1. The number of aromatic carboxylic acids is 1. The Labute approximate surface area is 183 Å². The summed E-state index contributed by atoms with van der Waals surface area (Å²) in [6.45, 7) is 0. The van der Waals surface area contributed by atoms with Crippen molar-refractivity contribution in [2.45, 2.75) is 0 Å². The molecule has 1 aromatic heterocycles. The molecule has 4 aromatic rings. The van der Waals surface area contributed by atoms with E-state index in [0.29, 0.717) is 15.9 Å². The lowest BCUT2D eigenvalue weighted by atomic mass is 9.97. The summed E-state index contributed by atoms with van der Waals surface area (Å²) in [6.07, 6.45) is 5.35. The van der Waals surface area contributed by atoms with Crippen LogP contribution < -0.4 is 0 Å². The van der Waals surface area contributed by atoms with Crippen molar-refractivity contribution in [2.75, 3.05) is 0 Å². The van der Waals surface area contributed by atoms with Crippen LogP contribution in [0.25, 0.3) is 34.5 Å². The molecule has 6 heteroatoms. The van der Waals surface area contributed by atoms with Gasteiger partial charge in [0.25, 0.3) is 0 Å². The summed E-state index contributed by atoms with van der Waals surface area (Å²) in [7, 11) is 0. The van der Waals surface area contributed by atoms with Crippen LogP contribution in [0.4, 0.5) is 0 Å². The number of carboxylic acid groups (broad SMARTS) is 1. The van der Waals surface area contributed by atoms with Crippen molar-refractivity contribution in [3.05, 3.63) is 99.9 Å². The molecule has 4 nitrogen and oxygen atoms in total. The quantitative estimate of drug-likeness (QED) is 0.358. The average Bonchev–Trinajstić information content (AvgIpc) is 3.21. The van der Waals surface area contributed by atoms with E-state index >= 15 is 0 Å². The predicted octanol–water partition coefficient (Wildman–Crippen LogP) is 6.92. The molecule has 0 aliphatic heterocycles.